The first kappa shape index (κ1) is 31.8. The van der Waals surface area contributed by atoms with E-state index >= 15 is 0 Å². The monoisotopic (exact) mass is 628 g/mol. The number of nitrogens with one attached hydrogen (secondary N) is 1. The molecule has 9 nitrogen and oxygen atoms in total. The first-order valence-electron chi connectivity index (χ1n) is 14.9. The van der Waals surface area contributed by atoms with Crippen LogP contribution in [0.5, 0.6) is 0 Å². The number of halogens is 2. The summed E-state index contributed by atoms with van der Waals surface area (Å²) in [5, 5.41) is 3.84. The fraction of sp³-hybridized carbons (Fsp3) is 0.469. The molecule has 0 saturated heterocycles. The second kappa shape index (κ2) is 12.4. The summed E-state index contributed by atoms with van der Waals surface area (Å²) in [4.78, 5) is 20.0. The summed E-state index contributed by atoms with van der Waals surface area (Å²) < 4.78 is 68.2. The topological polar surface area (TPSA) is 114 Å². The van der Waals surface area contributed by atoms with Crippen molar-refractivity contribution in [1.82, 2.24) is 10.1 Å². The van der Waals surface area contributed by atoms with Crippen molar-refractivity contribution in [2.45, 2.75) is 95.7 Å². The molecule has 1 saturated carbocycles. The van der Waals surface area contributed by atoms with Crippen molar-refractivity contribution in [3.8, 4) is 11.1 Å². The third-order valence-corrected chi connectivity index (χ3v) is 9.73. The van der Waals surface area contributed by atoms with Gasteiger partial charge < -0.3 is 9.26 Å². The number of rotatable bonds is 12. The molecule has 2 heterocycles. The zero-order valence-corrected chi connectivity index (χ0v) is 26.3. The van der Waals surface area contributed by atoms with E-state index in [0.29, 0.717) is 47.7 Å². The average Bonchev–Trinajstić information content (AvgIpc) is 3.66. The minimum atomic E-state index is -4.07. The molecule has 3 aromatic rings. The number of amidine groups is 1. The molecule has 0 unspecified atom stereocenters. The molecule has 1 aliphatic heterocycles. The van der Waals surface area contributed by atoms with E-state index in [1.807, 2.05) is 25.1 Å². The van der Waals surface area contributed by atoms with Crippen molar-refractivity contribution in [2.75, 3.05) is 11.3 Å². The van der Waals surface area contributed by atoms with Crippen LogP contribution >= 0.6 is 0 Å². The van der Waals surface area contributed by atoms with Gasteiger partial charge in [0.15, 0.2) is 0 Å². The molecule has 1 fully saturated rings. The van der Waals surface area contributed by atoms with E-state index in [0.717, 1.165) is 30.9 Å². The smallest absolute Gasteiger partial charge is 0.264 e. The van der Waals surface area contributed by atoms with Gasteiger partial charge in [0.05, 0.1) is 23.7 Å². The number of ether oxygens (including phenoxy) is 1. The number of hydrogen-bond donors (Lipinski definition) is 1. The molecular formula is C32H38F2N4O5S. The second-order valence-corrected chi connectivity index (χ2v) is 13.3. The number of carbonyl (C=O) groups excluding carboxylic acids is 1. The second-order valence-electron chi connectivity index (χ2n) is 11.7. The number of nitrogens with zero attached hydrogens (tertiary/aromatic N) is 3. The number of benzene rings is 2. The molecule has 1 N–H and O–H groups in total. The van der Waals surface area contributed by atoms with Gasteiger partial charge in [-0.2, -0.15) is 0 Å². The molecule has 12 heteroatoms. The van der Waals surface area contributed by atoms with Crippen LogP contribution < -0.4 is 4.72 Å². The van der Waals surface area contributed by atoms with Crippen molar-refractivity contribution in [2.24, 2.45) is 4.99 Å². The van der Waals surface area contributed by atoms with Gasteiger partial charge in [0, 0.05) is 30.6 Å². The Bertz CT molecular complexity index is 1670. The lowest BCUT2D eigenvalue weighted by Gasteiger charge is -2.24. The SMILES string of the molecule is CCOCc1cc(CN2C(=O)C3(CCCC3)N=C2CCC(C)(F)F)ccc1-c1ccccc1S(=O)(=O)Nc1onc(C)c1C. The number of sulfonamides is 1. The highest BCUT2D eigenvalue weighted by atomic mass is 32.2. The van der Waals surface area contributed by atoms with Crippen LogP contribution in [0.3, 0.4) is 0 Å². The Morgan fingerprint density at radius 1 is 1.11 bits per heavy atom. The van der Waals surface area contributed by atoms with Gasteiger partial charge in [0.25, 0.3) is 15.9 Å². The first-order valence-corrected chi connectivity index (χ1v) is 16.3. The molecule has 236 valence electrons. The molecule has 2 aliphatic rings. The Morgan fingerprint density at radius 2 is 1.84 bits per heavy atom. The molecule has 1 aliphatic carbocycles. The lowest BCUT2D eigenvalue weighted by molar-refractivity contribution is -0.131. The predicted octanol–water partition coefficient (Wildman–Crippen LogP) is 6.78. The van der Waals surface area contributed by atoms with E-state index in [-0.39, 0.29) is 36.3 Å². The third-order valence-electron chi connectivity index (χ3n) is 8.34. The maximum absolute atomic E-state index is 13.8. The average molecular weight is 629 g/mol. The van der Waals surface area contributed by atoms with Crippen LogP contribution in [-0.4, -0.2) is 48.3 Å². The highest BCUT2D eigenvalue weighted by Crippen LogP contribution is 2.41. The number of aliphatic imine (C=N–C) groups is 1. The van der Waals surface area contributed by atoms with Gasteiger partial charge in [0.1, 0.15) is 11.4 Å². The van der Waals surface area contributed by atoms with E-state index in [2.05, 4.69) is 9.88 Å². The van der Waals surface area contributed by atoms with E-state index in [1.165, 1.54) is 6.07 Å². The minimum Gasteiger partial charge on any atom is -0.377 e. The number of aromatic nitrogens is 1. The molecule has 5 rings (SSSR count). The summed E-state index contributed by atoms with van der Waals surface area (Å²) in [5.41, 5.74) is 2.91. The number of carbonyl (C=O) groups is 1. The molecule has 1 amide bonds. The van der Waals surface area contributed by atoms with Gasteiger partial charge in [-0.05, 0) is 63.3 Å². The Kier molecular flexibility index (Phi) is 8.95. The van der Waals surface area contributed by atoms with E-state index < -0.39 is 27.9 Å². The molecule has 2 aromatic carbocycles. The minimum absolute atomic E-state index is 0.00327. The highest BCUT2D eigenvalue weighted by molar-refractivity contribution is 7.92. The van der Waals surface area contributed by atoms with Crippen LogP contribution in [0.1, 0.15) is 74.8 Å². The van der Waals surface area contributed by atoms with Crippen molar-refractivity contribution in [3.05, 3.63) is 64.8 Å². The largest absolute Gasteiger partial charge is 0.377 e. The van der Waals surface area contributed by atoms with E-state index in [9.17, 15) is 22.0 Å². The summed E-state index contributed by atoms with van der Waals surface area (Å²) >= 11 is 0. The standard InChI is InChI=1S/C32H38F2N4O5S/c1-5-42-20-24-18-23(19-38-28(14-17-31(4,33)34)35-32(30(38)39)15-8-9-16-32)12-13-25(24)26-10-6-7-11-27(26)44(40,41)37-29-21(2)22(3)36-43-29/h6-7,10-13,18,37H,5,8-9,14-17,19-20H2,1-4H3. The molecule has 0 atom stereocenters. The third kappa shape index (κ3) is 6.56. The zero-order chi connectivity index (χ0) is 31.7. The number of anilines is 1. The van der Waals surface area contributed by atoms with Crippen LogP contribution in [-0.2, 0) is 32.7 Å². The first-order chi connectivity index (χ1) is 20.8. The predicted molar refractivity (Wildman–Crippen MR) is 163 cm³/mol. The van der Waals surface area contributed by atoms with Gasteiger partial charge in [-0.25, -0.2) is 21.9 Å². The quantitative estimate of drug-likeness (QED) is 0.236. The van der Waals surface area contributed by atoms with Crippen molar-refractivity contribution in [1.29, 1.82) is 0 Å². The van der Waals surface area contributed by atoms with Gasteiger partial charge in [-0.3, -0.25) is 14.7 Å². The fourth-order valence-corrected chi connectivity index (χ4v) is 7.10. The van der Waals surface area contributed by atoms with Gasteiger partial charge >= 0.3 is 0 Å². The molecular weight excluding hydrogens is 590 g/mol. The number of hydrogen-bond acceptors (Lipinski definition) is 7. The normalized spacial score (nSPS) is 16.6. The van der Waals surface area contributed by atoms with Crippen LogP contribution in [0.4, 0.5) is 14.7 Å². The van der Waals surface area contributed by atoms with E-state index in [4.69, 9.17) is 14.3 Å². The Balaban J connectivity index is 1.48. The van der Waals surface area contributed by atoms with Gasteiger partial charge in [-0.15, -0.1) is 0 Å². The van der Waals surface area contributed by atoms with Crippen molar-refractivity contribution in [3.63, 3.8) is 0 Å². The molecule has 0 radical (unpaired) electrons. The summed E-state index contributed by atoms with van der Waals surface area (Å²) in [6.45, 7) is 6.98. The number of amides is 1. The maximum atomic E-state index is 13.8. The lowest BCUT2D eigenvalue weighted by Crippen LogP contribution is -2.40. The van der Waals surface area contributed by atoms with Crippen LogP contribution in [0.15, 0.2) is 56.9 Å². The Hall–Kier alpha value is -3.64. The Labute approximate surface area is 256 Å². The summed E-state index contributed by atoms with van der Waals surface area (Å²) in [6.07, 6.45) is 2.60. The lowest BCUT2D eigenvalue weighted by atomic mass is 9.96. The van der Waals surface area contributed by atoms with Gasteiger partial charge in [-0.1, -0.05) is 54.4 Å². The van der Waals surface area contributed by atoms with Crippen LogP contribution in [0.2, 0.25) is 0 Å². The summed E-state index contributed by atoms with van der Waals surface area (Å²) in [5.74, 6) is -2.56. The summed E-state index contributed by atoms with van der Waals surface area (Å²) in [7, 11) is -4.07. The van der Waals surface area contributed by atoms with Crippen molar-refractivity contribution < 1.29 is 31.3 Å². The number of alkyl halides is 2. The Morgan fingerprint density at radius 3 is 2.50 bits per heavy atom. The molecule has 0 bridgehead atoms. The van der Waals surface area contributed by atoms with Crippen LogP contribution in [0.25, 0.3) is 11.1 Å². The summed E-state index contributed by atoms with van der Waals surface area (Å²) in [6, 6.07) is 12.2. The molecule has 1 aromatic heterocycles. The maximum Gasteiger partial charge on any atom is 0.264 e. The van der Waals surface area contributed by atoms with Crippen LogP contribution in [0, 0.1) is 13.8 Å². The molecule has 44 heavy (non-hydrogen) atoms. The van der Waals surface area contributed by atoms with Gasteiger partial charge in [0.2, 0.25) is 11.8 Å². The highest BCUT2D eigenvalue weighted by Gasteiger charge is 2.49. The van der Waals surface area contributed by atoms with Crippen molar-refractivity contribution >= 4 is 27.7 Å². The number of aryl methyl sites for hydroxylation is 1. The van der Waals surface area contributed by atoms with E-state index in [1.54, 1.807) is 36.9 Å². The fourth-order valence-electron chi connectivity index (χ4n) is 5.83. The zero-order valence-electron chi connectivity index (χ0n) is 25.5. The molecule has 1 spiro atoms.